The minimum atomic E-state index is -0.560. The Labute approximate surface area is 194 Å². The van der Waals surface area contributed by atoms with Crippen molar-refractivity contribution in [3.05, 3.63) is 46.8 Å². The molecule has 0 radical (unpaired) electrons. The number of rotatable bonds is 5. The standard InChI is InChI=1S/C25H32N4O4/c1-17-18(3-4-19-20(17)16-33-24(19)31)21(30)15-28-9-5-25(6-10-28)7-11-29(12-8-25)22-13-27-23(32-2)14-26-22/h3-4,13-14,21,30H,5-12,15-16H2,1-2H3/t21-/m0/s1. The summed E-state index contributed by atoms with van der Waals surface area (Å²) < 4.78 is 10.3. The first-order valence-corrected chi connectivity index (χ1v) is 11.8. The van der Waals surface area contributed by atoms with E-state index in [4.69, 9.17) is 9.47 Å². The number of esters is 1. The topological polar surface area (TPSA) is 88.0 Å². The van der Waals surface area contributed by atoms with Crippen molar-refractivity contribution in [3.8, 4) is 5.88 Å². The minimum absolute atomic E-state index is 0.263. The van der Waals surface area contributed by atoms with Gasteiger partial charge < -0.3 is 24.4 Å². The zero-order chi connectivity index (χ0) is 23.0. The van der Waals surface area contributed by atoms with Crippen LogP contribution in [0.25, 0.3) is 0 Å². The third kappa shape index (κ3) is 4.29. The molecular formula is C25H32N4O4. The molecule has 176 valence electrons. The van der Waals surface area contributed by atoms with E-state index in [1.54, 1.807) is 25.6 Å². The Morgan fingerprint density at radius 1 is 1.12 bits per heavy atom. The van der Waals surface area contributed by atoms with Crippen LogP contribution in [0.2, 0.25) is 0 Å². The molecule has 8 heteroatoms. The number of likely N-dealkylation sites (tertiary alicyclic amines) is 1. The number of aliphatic hydroxyl groups excluding tert-OH is 1. The molecule has 1 N–H and O–H groups in total. The van der Waals surface area contributed by atoms with Crippen LogP contribution in [0.5, 0.6) is 5.88 Å². The zero-order valence-corrected chi connectivity index (χ0v) is 19.4. The molecule has 2 aromatic rings. The van der Waals surface area contributed by atoms with Crippen molar-refractivity contribution in [1.29, 1.82) is 0 Å². The number of ether oxygens (including phenoxy) is 2. The Morgan fingerprint density at radius 3 is 2.52 bits per heavy atom. The Morgan fingerprint density at radius 2 is 1.85 bits per heavy atom. The van der Waals surface area contributed by atoms with E-state index in [0.29, 0.717) is 30.0 Å². The summed E-state index contributed by atoms with van der Waals surface area (Å²) in [4.78, 5) is 25.3. The first-order valence-electron chi connectivity index (χ1n) is 11.8. The molecule has 3 aliphatic heterocycles. The molecule has 0 bridgehead atoms. The highest BCUT2D eigenvalue weighted by Gasteiger charge is 2.38. The zero-order valence-electron chi connectivity index (χ0n) is 19.4. The van der Waals surface area contributed by atoms with E-state index in [1.165, 1.54) is 0 Å². The van der Waals surface area contributed by atoms with Gasteiger partial charge in [-0.05, 0) is 68.3 Å². The van der Waals surface area contributed by atoms with Crippen LogP contribution in [0.1, 0.15) is 58.8 Å². The van der Waals surface area contributed by atoms with Crippen molar-refractivity contribution >= 4 is 11.8 Å². The minimum Gasteiger partial charge on any atom is -0.480 e. The van der Waals surface area contributed by atoms with Gasteiger partial charge in [0.1, 0.15) is 12.4 Å². The Hall–Kier alpha value is -2.71. The van der Waals surface area contributed by atoms with Gasteiger partial charge in [-0.1, -0.05) is 6.07 Å². The van der Waals surface area contributed by atoms with Crippen molar-refractivity contribution in [3.63, 3.8) is 0 Å². The fourth-order valence-electron chi connectivity index (χ4n) is 5.57. The Bertz CT molecular complexity index is 1010. The van der Waals surface area contributed by atoms with Crippen LogP contribution in [-0.2, 0) is 11.3 Å². The highest BCUT2D eigenvalue weighted by molar-refractivity contribution is 5.93. The van der Waals surface area contributed by atoms with Crippen LogP contribution in [-0.4, -0.2) is 65.8 Å². The fourth-order valence-corrected chi connectivity index (χ4v) is 5.57. The van der Waals surface area contributed by atoms with E-state index in [-0.39, 0.29) is 5.97 Å². The molecule has 2 fully saturated rings. The number of hydrogen-bond donors (Lipinski definition) is 1. The van der Waals surface area contributed by atoms with E-state index in [9.17, 15) is 9.90 Å². The molecule has 0 amide bonds. The highest BCUT2D eigenvalue weighted by atomic mass is 16.5. The number of fused-ring (bicyclic) bond motifs is 1. The monoisotopic (exact) mass is 452 g/mol. The predicted molar refractivity (Wildman–Crippen MR) is 123 cm³/mol. The smallest absolute Gasteiger partial charge is 0.338 e. The lowest BCUT2D eigenvalue weighted by Gasteiger charge is -2.47. The summed E-state index contributed by atoms with van der Waals surface area (Å²) in [6.45, 7) is 6.92. The van der Waals surface area contributed by atoms with Gasteiger partial charge in [0, 0.05) is 25.2 Å². The average Bonchev–Trinajstić information content (AvgIpc) is 3.23. The third-order valence-electron chi connectivity index (χ3n) is 7.89. The quantitative estimate of drug-likeness (QED) is 0.693. The first-order chi connectivity index (χ1) is 16.0. The van der Waals surface area contributed by atoms with Crippen LogP contribution in [0.4, 0.5) is 5.82 Å². The number of aliphatic hydroxyl groups is 1. The molecule has 1 aromatic heterocycles. The molecule has 0 aliphatic carbocycles. The second-order valence-corrected chi connectivity index (χ2v) is 9.60. The van der Waals surface area contributed by atoms with Gasteiger partial charge in [-0.15, -0.1) is 0 Å². The highest BCUT2D eigenvalue weighted by Crippen LogP contribution is 2.42. The lowest BCUT2D eigenvalue weighted by Crippen LogP contribution is -2.47. The summed E-state index contributed by atoms with van der Waals surface area (Å²) in [7, 11) is 1.60. The van der Waals surface area contributed by atoms with Crippen molar-refractivity contribution in [1.82, 2.24) is 14.9 Å². The molecule has 1 spiro atoms. The fraction of sp³-hybridized carbons (Fsp3) is 0.560. The molecule has 8 nitrogen and oxygen atoms in total. The molecule has 0 saturated carbocycles. The summed E-state index contributed by atoms with van der Waals surface area (Å²) in [5.41, 5.74) is 3.83. The van der Waals surface area contributed by atoms with Crippen LogP contribution in [0, 0.1) is 12.3 Å². The molecule has 2 saturated heterocycles. The molecule has 33 heavy (non-hydrogen) atoms. The number of piperidine rings is 2. The number of β-amino-alcohol motifs (C(OH)–C–C–N with tert-alkyl or cyclic N) is 1. The lowest BCUT2D eigenvalue weighted by atomic mass is 9.71. The predicted octanol–water partition coefficient (Wildman–Crippen LogP) is 2.88. The molecule has 1 aromatic carbocycles. The van der Waals surface area contributed by atoms with Gasteiger partial charge in [-0.3, -0.25) is 0 Å². The Balaban J connectivity index is 1.14. The van der Waals surface area contributed by atoms with E-state index in [0.717, 1.165) is 74.4 Å². The summed E-state index contributed by atoms with van der Waals surface area (Å²) in [5, 5.41) is 11.0. The van der Waals surface area contributed by atoms with Crippen LogP contribution in [0.3, 0.4) is 0 Å². The lowest BCUT2D eigenvalue weighted by molar-refractivity contribution is 0.0447. The van der Waals surface area contributed by atoms with Gasteiger partial charge in [0.2, 0.25) is 5.88 Å². The largest absolute Gasteiger partial charge is 0.480 e. The number of carbonyl (C=O) groups excluding carboxylic acids is 1. The first kappa shape index (κ1) is 22.1. The number of aromatic nitrogens is 2. The van der Waals surface area contributed by atoms with Crippen LogP contribution < -0.4 is 9.64 Å². The van der Waals surface area contributed by atoms with Gasteiger partial charge in [0.05, 0.1) is 31.2 Å². The van der Waals surface area contributed by atoms with Crippen molar-refractivity contribution in [2.24, 2.45) is 5.41 Å². The third-order valence-corrected chi connectivity index (χ3v) is 7.89. The summed E-state index contributed by atoms with van der Waals surface area (Å²) in [5.74, 6) is 1.20. The van der Waals surface area contributed by atoms with E-state index in [1.807, 2.05) is 13.0 Å². The van der Waals surface area contributed by atoms with Crippen molar-refractivity contribution in [2.45, 2.75) is 45.3 Å². The van der Waals surface area contributed by atoms with Crippen LogP contribution in [0.15, 0.2) is 24.5 Å². The second kappa shape index (κ2) is 8.91. The summed E-state index contributed by atoms with van der Waals surface area (Å²) in [6.07, 6.45) is 7.56. The molecular weight excluding hydrogens is 420 g/mol. The van der Waals surface area contributed by atoms with E-state index >= 15 is 0 Å². The maximum Gasteiger partial charge on any atom is 0.338 e. The molecule has 1 atom stereocenters. The number of carbonyl (C=O) groups is 1. The SMILES string of the molecule is COc1cnc(N2CCC3(CCN(C[C@H](O)c4ccc5c(c4C)COC5=O)CC3)CC2)cn1. The molecule has 3 aliphatic rings. The number of cyclic esters (lactones) is 1. The second-order valence-electron chi connectivity index (χ2n) is 9.60. The van der Waals surface area contributed by atoms with E-state index < -0.39 is 6.10 Å². The van der Waals surface area contributed by atoms with Crippen LogP contribution >= 0.6 is 0 Å². The van der Waals surface area contributed by atoms with Gasteiger partial charge in [0.25, 0.3) is 0 Å². The summed E-state index contributed by atoms with van der Waals surface area (Å²) >= 11 is 0. The normalized spacial score (nSPS) is 21.1. The number of nitrogens with zero attached hydrogens (tertiary/aromatic N) is 4. The number of benzene rings is 1. The van der Waals surface area contributed by atoms with Crippen molar-refractivity contribution in [2.75, 3.05) is 44.7 Å². The molecule has 5 rings (SSSR count). The van der Waals surface area contributed by atoms with E-state index in [2.05, 4.69) is 19.8 Å². The molecule has 0 unspecified atom stereocenters. The molecule has 4 heterocycles. The Kier molecular flexibility index (Phi) is 5.97. The van der Waals surface area contributed by atoms with Gasteiger partial charge >= 0.3 is 5.97 Å². The van der Waals surface area contributed by atoms with Gasteiger partial charge in [-0.25, -0.2) is 14.8 Å². The van der Waals surface area contributed by atoms with Gasteiger partial charge in [-0.2, -0.15) is 0 Å². The van der Waals surface area contributed by atoms with Crippen molar-refractivity contribution < 1.29 is 19.4 Å². The number of hydrogen-bond acceptors (Lipinski definition) is 8. The maximum atomic E-state index is 11.8. The maximum absolute atomic E-state index is 11.8. The number of anilines is 1. The average molecular weight is 453 g/mol. The number of methoxy groups -OCH3 is 1. The van der Waals surface area contributed by atoms with Gasteiger partial charge in [0.15, 0.2) is 0 Å². The summed E-state index contributed by atoms with van der Waals surface area (Å²) in [6, 6.07) is 3.68.